The molecule has 2 aromatic rings. The Labute approximate surface area is 142 Å². The lowest BCUT2D eigenvalue weighted by atomic mass is 10.2. The van der Waals surface area contributed by atoms with Gasteiger partial charge in [0.15, 0.2) is 12.4 Å². The number of nitrogens with one attached hydrogen (secondary N) is 1. The highest BCUT2D eigenvalue weighted by Crippen LogP contribution is 2.25. The summed E-state index contributed by atoms with van der Waals surface area (Å²) in [5, 5.41) is 6.82. The second-order valence-electron chi connectivity index (χ2n) is 4.45. The molecule has 0 radical (unpaired) electrons. The molecule has 0 saturated carbocycles. The van der Waals surface area contributed by atoms with E-state index < -0.39 is 18.5 Å². The van der Waals surface area contributed by atoms with Crippen molar-refractivity contribution in [1.82, 2.24) is 5.16 Å². The summed E-state index contributed by atoms with van der Waals surface area (Å²) in [5.41, 5.74) is 0.496. The first-order chi connectivity index (χ1) is 11.0. The molecule has 0 aliphatic heterocycles. The van der Waals surface area contributed by atoms with Crippen LogP contribution in [-0.4, -0.2) is 23.6 Å². The zero-order valence-corrected chi connectivity index (χ0v) is 13.5. The van der Waals surface area contributed by atoms with Crippen LogP contribution in [0.1, 0.15) is 11.3 Å². The van der Waals surface area contributed by atoms with Crippen molar-refractivity contribution < 1.29 is 18.8 Å². The maximum Gasteiger partial charge on any atom is 0.331 e. The van der Waals surface area contributed by atoms with Crippen LogP contribution in [0.2, 0.25) is 10.0 Å². The third-order valence-corrected chi connectivity index (χ3v) is 3.29. The summed E-state index contributed by atoms with van der Waals surface area (Å²) in [4.78, 5) is 23.2. The minimum atomic E-state index is -0.701. The molecular weight excluding hydrogens is 343 g/mol. The molecule has 6 nitrogen and oxygen atoms in total. The first-order valence-corrected chi connectivity index (χ1v) is 7.23. The Morgan fingerprint density at radius 1 is 1.35 bits per heavy atom. The average Bonchev–Trinajstić information content (AvgIpc) is 2.89. The smallest absolute Gasteiger partial charge is 0.331 e. The fourth-order valence-electron chi connectivity index (χ4n) is 1.61. The Bertz CT molecular complexity index is 735. The van der Waals surface area contributed by atoms with Crippen molar-refractivity contribution in [2.24, 2.45) is 0 Å². The molecule has 8 heteroatoms. The molecule has 1 N–H and O–H groups in total. The highest BCUT2D eigenvalue weighted by atomic mass is 35.5. The summed E-state index contributed by atoms with van der Waals surface area (Å²) >= 11 is 11.9. The normalized spacial score (nSPS) is 10.7. The van der Waals surface area contributed by atoms with Gasteiger partial charge in [0, 0.05) is 27.8 Å². The molecule has 0 fully saturated rings. The van der Waals surface area contributed by atoms with Gasteiger partial charge in [-0.15, -0.1) is 0 Å². The van der Waals surface area contributed by atoms with Gasteiger partial charge in [-0.25, -0.2) is 4.79 Å². The van der Waals surface area contributed by atoms with E-state index in [1.165, 1.54) is 6.08 Å². The van der Waals surface area contributed by atoms with E-state index >= 15 is 0 Å². The number of hydrogen-bond donors (Lipinski definition) is 1. The molecule has 2 rings (SSSR count). The number of nitrogens with zero attached hydrogens (tertiary/aromatic N) is 1. The molecule has 0 saturated heterocycles. The third kappa shape index (κ3) is 5.12. The SMILES string of the molecule is Cc1cc(NC(=O)COC(=O)/C=C/c2c(Cl)cccc2Cl)no1. The second-order valence-corrected chi connectivity index (χ2v) is 5.26. The van der Waals surface area contributed by atoms with Crippen LogP contribution in [0.3, 0.4) is 0 Å². The number of halogens is 2. The quantitative estimate of drug-likeness (QED) is 0.656. The van der Waals surface area contributed by atoms with Crippen molar-refractivity contribution in [1.29, 1.82) is 0 Å². The lowest BCUT2D eigenvalue weighted by molar-refractivity contribution is -0.142. The molecule has 120 valence electrons. The molecule has 23 heavy (non-hydrogen) atoms. The summed E-state index contributed by atoms with van der Waals surface area (Å²) in [6, 6.07) is 6.52. The number of amides is 1. The predicted molar refractivity (Wildman–Crippen MR) is 86.3 cm³/mol. The number of rotatable bonds is 5. The largest absolute Gasteiger partial charge is 0.452 e. The molecule has 1 aromatic carbocycles. The maximum atomic E-state index is 11.6. The highest BCUT2D eigenvalue weighted by Gasteiger charge is 2.09. The number of esters is 1. The van der Waals surface area contributed by atoms with Gasteiger partial charge in [-0.2, -0.15) is 0 Å². The van der Waals surface area contributed by atoms with E-state index in [9.17, 15) is 9.59 Å². The van der Waals surface area contributed by atoms with Crippen LogP contribution in [0.5, 0.6) is 0 Å². The van der Waals surface area contributed by atoms with Crippen molar-refractivity contribution in [3.63, 3.8) is 0 Å². The Morgan fingerprint density at radius 2 is 2.04 bits per heavy atom. The molecule has 0 bridgehead atoms. The molecule has 0 spiro atoms. The zero-order chi connectivity index (χ0) is 16.8. The maximum absolute atomic E-state index is 11.6. The summed E-state index contributed by atoms with van der Waals surface area (Å²) in [6.07, 6.45) is 2.56. The van der Waals surface area contributed by atoms with Gasteiger partial charge in [-0.05, 0) is 25.1 Å². The first kappa shape index (κ1) is 17.1. The van der Waals surface area contributed by atoms with E-state index in [4.69, 9.17) is 32.5 Å². The van der Waals surface area contributed by atoms with Gasteiger partial charge in [0.05, 0.1) is 0 Å². The third-order valence-electron chi connectivity index (χ3n) is 2.63. The molecule has 0 aliphatic carbocycles. The standard InChI is InChI=1S/C15H12Cl2N2O4/c1-9-7-13(19-23-9)18-14(20)8-22-15(21)6-5-10-11(16)3-2-4-12(10)17/h2-7H,8H2,1H3,(H,18,19,20)/b6-5+. The summed E-state index contributed by atoms with van der Waals surface area (Å²) < 4.78 is 9.59. The predicted octanol–water partition coefficient (Wildman–Crippen LogP) is 3.48. The van der Waals surface area contributed by atoms with Gasteiger partial charge < -0.3 is 14.6 Å². The highest BCUT2D eigenvalue weighted by molar-refractivity contribution is 6.37. The minimum absolute atomic E-state index is 0.252. The molecule has 0 atom stereocenters. The van der Waals surface area contributed by atoms with Crippen molar-refractivity contribution >= 4 is 47.0 Å². The number of aromatic nitrogens is 1. The minimum Gasteiger partial charge on any atom is -0.452 e. The summed E-state index contributed by atoms with van der Waals surface area (Å²) in [5.74, 6) is -0.429. The number of carbonyl (C=O) groups is 2. The van der Waals surface area contributed by atoms with E-state index in [-0.39, 0.29) is 5.82 Å². The fourth-order valence-corrected chi connectivity index (χ4v) is 2.13. The molecule has 0 aliphatic rings. The number of benzene rings is 1. The molecule has 1 amide bonds. The number of carbonyl (C=O) groups excluding carboxylic acids is 2. The first-order valence-electron chi connectivity index (χ1n) is 6.47. The summed E-state index contributed by atoms with van der Waals surface area (Å²) in [7, 11) is 0. The molecule has 1 heterocycles. The molecule has 0 unspecified atom stereocenters. The zero-order valence-electron chi connectivity index (χ0n) is 12.0. The number of ether oxygens (including phenoxy) is 1. The van der Waals surface area contributed by atoms with Crippen molar-refractivity contribution in [2.45, 2.75) is 6.92 Å². The van der Waals surface area contributed by atoms with Gasteiger partial charge in [0.2, 0.25) is 0 Å². The fraction of sp³-hybridized carbons (Fsp3) is 0.133. The van der Waals surface area contributed by atoms with Gasteiger partial charge >= 0.3 is 5.97 Å². The van der Waals surface area contributed by atoms with Gasteiger partial charge in [0.25, 0.3) is 5.91 Å². The Hall–Kier alpha value is -2.31. The Morgan fingerprint density at radius 3 is 2.65 bits per heavy atom. The van der Waals surface area contributed by atoms with Gasteiger partial charge in [-0.3, -0.25) is 4.79 Å². The van der Waals surface area contributed by atoms with E-state index in [0.717, 1.165) is 6.08 Å². The van der Waals surface area contributed by atoms with Gasteiger partial charge in [0.1, 0.15) is 5.76 Å². The number of hydrogen-bond acceptors (Lipinski definition) is 5. The van der Waals surface area contributed by atoms with E-state index in [1.54, 1.807) is 31.2 Å². The van der Waals surface area contributed by atoms with Crippen molar-refractivity contribution in [3.05, 3.63) is 51.7 Å². The van der Waals surface area contributed by atoms with Crippen LogP contribution in [0.4, 0.5) is 5.82 Å². The van der Waals surface area contributed by atoms with Crippen LogP contribution in [0.25, 0.3) is 6.08 Å². The number of anilines is 1. The topological polar surface area (TPSA) is 81.4 Å². The van der Waals surface area contributed by atoms with Crippen LogP contribution in [0.15, 0.2) is 34.9 Å². The van der Waals surface area contributed by atoms with E-state index in [0.29, 0.717) is 21.4 Å². The van der Waals surface area contributed by atoms with Crippen LogP contribution in [-0.2, 0) is 14.3 Å². The Balaban J connectivity index is 1.85. The Kier molecular flexibility index (Phi) is 5.78. The lowest BCUT2D eigenvalue weighted by Crippen LogP contribution is -2.20. The second kappa shape index (κ2) is 7.80. The van der Waals surface area contributed by atoms with E-state index in [2.05, 4.69) is 10.5 Å². The van der Waals surface area contributed by atoms with E-state index in [1.807, 2.05) is 0 Å². The monoisotopic (exact) mass is 354 g/mol. The van der Waals surface area contributed by atoms with Crippen LogP contribution < -0.4 is 5.32 Å². The van der Waals surface area contributed by atoms with Crippen LogP contribution in [0, 0.1) is 6.92 Å². The van der Waals surface area contributed by atoms with Crippen molar-refractivity contribution in [2.75, 3.05) is 11.9 Å². The average molecular weight is 355 g/mol. The summed E-state index contributed by atoms with van der Waals surface area (Å²) in [6.45, 7) is 1.23. The lowest BCUT2D eigenvalue weighted by Gasteiger charge is -2.03. The van der Waals surface area contributed by atoms with Gasteiger partial charge in [-0.1, -0.05) is 34.4 Å². The molecule has 1 aromatic heterocycles. The number of aryl methyl sites for hydroxylation is 1. The molecular formula is C15H12Cl2N2O4. The van der Waals surface area contributed by atoms with Crippen molar-refractivity contribution in [3.8, 4) is 0 Å². The van der Waals surface area contributed by atoms with Crippen LogP contribution >= 0.6 is 23.2 Å².